The monoisotopic (exact) mass is 301 g/mol. The number of alkyl halides is 3. The van der Waals surface area contributed by atoms with Gasteiger partial charge in [-0.2, -0.15) is 0 Å². The van der Waals surface area contributed by atoms with Gasteiger partial charge in [0.2, 0.25) is 0 Å². The third kappa shape index (κ3) is 3.88. The molecule has 106 valence electrons. The predicted octanol–water partition coefficient (Wildman–Crippen LogP) is 4.36. The molecule has 6 heteroatoms. The summed E-state index contributed by atoms with van der Waals surface area (Å²) in [5.74, 6) is -0.287. The summed E-state index contributed by atoms with van der Waals surface area (Å²) >= 11 is 5.78. The standard InChI is InChI=1S/C14H11ClF3NO/c15-12-3-1-10(2-4-12)11-5-9(8-19)6-13(7-11)20-14(16,17)18/h1-7H,8,19H2. The Labute approximate surface area is 118 Å². The lowest BCUT2D eigenvalue weighted by molar-refractivity contribution is -0.274. The number of benzene rings is 2. The van der Waals surface area contributed by atoms with Crippen LogP contribution in [-0.2, 0) is 6.54 Å². The summed E-state index contributed by atoms with van der Waals surface area (Å²) in [6.07, 6.45) is -4.73. The van der Waals surface area contributed by atoms with Gasteiger partial charge in [0.25, 0.3) is 0 Å². The van der Waals surface area contributed by atoms with Crippen LogP contribution in [0.4, 0.5) is 13.2 Å². The van der Waals surface area contributed by atoms with E-state index in [-0.39, 0.29) is 12.3 Å². The van der Waals surface area contributed by atoms with Crippen LogP contribution in [0.2, 0.25) is 5.02 Å². The van der Waals surface area contributed by atoms with Crippen molar-refractivity contribution in [1.29, 1.82) is 0 Å². The highest BCUT2D eigenvalue weighted by Gasteiger charge is 2.31. The fourth-order valence-corrected chi connectivity index (χ4v) is 1.91. The molecule has 0 saturated heterocycles. The van der Waals surface area contributed by atoms with Crippen LogP contribution in [0.5, 0.6) is 5.75 Å². The molecule has 0 aliphatic carbocycles. The molecule has 0 aromatic heterocycles. The van der Waals surface area contributed by atoms with Crippen LogP contribution in [-0.4, -0.2) is 6.36 Å². The molecule has 0 bridgehead atoms. The van der Waals surface area contributed by atoms with Gasteiger partial charge in [0.05, 0.1) is 0 Å². The molecular formula is C14H11ClF3NO. The summed E-state index contributed by atoms with van der Waals surface area (Å²) in [6.45, 7) is 0.121. The lowest BCUT2D eigenvalue weighted by Gasteiger charge is -2.12. The zero-order valence-corrected chi connectivity index (χ0v) is 11.0. The highest BCUT2D eigenvalue weighted by molar-refractivity contribution is 6.30. The van der Waals surface area contributed by atoms with E-state index in [2.05, 4.69) is 4.74 Å². The highest BCUT2D eigenvalue weighted by atomic mass is 35.5. The molecule has 0 heterocycles. The minimum atomic E-state index is -4.73. The van der Waals surface area contributed by atoms with E-state index in [1.54, 1.807) is 30.3 Å². The Bertz CT molecular complexity index is 596. The van der Waals surface area contributed by atoms with Gasteiger partial charge in [0, 0.05) is 11.6 Å². The van der Waals surface area contributed by atoms with Gasteiger partial charge in [0.1, 0.15) is 5.75 Å². The van der Waals surface area contributed by atoms with E-state index in [1.807, 2.05) is 0 Å². The molecule has 0 spiro atoms. The molecule has 2 N–H and O–H groups in total. The Morgan fingerprint density at radius 3 is 2.20 bits per heavy atom. The van der Waals surface area contributed by atoms with Crippen LogP contribution in [0, 0.1) is 0 Å². The molecule has 0 radical (unpaired) electrons. The zero-order valence-electron chi connectivity index (χ0n) is 10.2. The summed E-state index contributed by atoms with van der Waals surface area (Å²) in [7, 11) is 0. The van der Waals surface area contributed by atoms with Crippen molar-refractivity contribution in [2.45, 2.75) is 12.9 Å². The molecule has 0 atom stereocenters. The van der Waals surface area contributed by atoms with Crippen molar-refractivity contribution in [3.05, 3.63) is 53.1 Å². The molecule has 20 heavy (non-hydrogen) atoms. The van der Waals surface area contributed by atoms with Crippen molar-refractivity contribution in [2.24, 2.45) is 5.73 Å². The Morgan fingerprint density at radius 1 is 1.00 bits per heavy atom. The number of halogens is 4. The van der Waals surface area contributed by atoms with E-state index in [4.69, 9.17) is 17.3 Å². The van der Waals surface area contributed by atoms with Crippen molar-refractivity contribution in [3.8, 4) is 16.9 Å². The Morgan fingerprint density at radius 2 is 1.65 bits per heavy atom. The largest absolute Gasteiger partial charge is 0.573 e. The minimum Gasteiger partial charge on any atom is -0.406 e. The smallest absolute Gasteiger partial charge is 0.406 e. The summed E-state index contributed by atoms with van der Waals surface area (Å²) in [6, 6.07) is 11.1. The maximum Gasteiger partial charge on any atom is 0.573 e. The van der Waals surface area contributed by atoms with Gasteiger partial charge in [-0.3, -0.25) is 0 Å². The maximum atomic E-state index is 12.3. The van der Waals surface area contributed by atoms with Crippen molar-refractivity contribution >= 4 is 11.6 Å². The molecule has 2 aromatic carbocycles. The number of hydrogen-bond donors (Lipinski definition) is 1. The second kappa shape index (κ2) is 5.73. The van der Waals surface area contributed by atoms with E-state index in [1.165, 1.54) is 12.1 Å². The summed E-state index contributed by atoms with van der Waals surface area (Å²) in [4.78, 5) is 0. The van der Waals surface area contributed by atoms with Crippen LogP contribution >= 0.6 is 11.6 Å². The average molecular weight is 302 g/mol. The van der Waals surface area contributed by atoms with Crippen LogP contribution in [0.15, 0.2) is 42.5 Å². The second-order valence-electron chi connectivity index (χ2n) is 4.12. The number of hydrogen-bond acceptors (Lipinski definition) is 2. The average Bonchev–Trinajstić information content (AvgIpc) is 2.37. The lowest BCUT2D eigenvalue weighted by Crippen LogP contribution is -2.17. The molecule has 2 aromatic rings. The predicted molar refractivity (Wildman–Crippen MR) is 71.5 cm³/mol. The summed E-state index contributed by atoms with van der Waals surface area (Å²) in [5, 5.41) is 0.551. The van der Waals surface area contributed by atoms with Crippen molar-refractivity contribution in [3.63, 3.8) is 0 Å². The van der Waals surface area contributed by atoms with E-state index in [0.29, 0.717) is 16.1 Å². The van der Waals surface area contributed by atoms with E-state index in [0.717, 1.165) is 5.56 Å². The highest BCUT2D eigenvalue weighted by Crippen LogP contribution is 2.30. The van der Waals surface area contributed by atoms with Crippen LogP contribution < -0.4 is 10.5 Å². The van der Waals surface area contributed by atoms with E-state index < -0.39 is 6.36 Å². The van der Waals surface area contributed by atoms with E-state index >= 15 is 0 Å². The van der Waals surface area contributed by atoms with Crippen molar-refractivity contribution in [1.82, 2.24) is 0 Å². The number of ether oxygens (including phenoxy) is 1. The molecule has 0 aliphatic heterocycles. The number of nitrogens with two attached hydrogens (primary N) is 1. The number of rotatable bonds is 3. The first kappa shape index (κ1) is 14.7. The third-order valence-electron chi connectivity index (χ3n) is 2.61. The quantitative estimate of drug-likeness (QED) is 0.914. The van der Waals surface area contributed by atoms with Gasteiger partial charge in [-0.05, 0) is 47.0 Å². The summed E-state index contributed by atoms with van der Waals surface area (Å²) < 4.78 is 40.8. The van der Waals surface area contributed by atoms with Crippen LogP contribution in [0.1, 0.15) is 5.56 Å². The van der Waals surface area contributed by atoms with Gasteiger partial charge in [-0.25, -0.2) is 0 Å². The molecule has 0 unspecified atom stereocenters. The van der Waals surface area contributed by atoms with Crippen molar-refractivity contribution in [2.75, 3.05) is 0 Å². The third-order valence-corrected chi connectivity index (χ3v) is 2.87. The molecule has 0 fully saturated rings. The minimum absolute atomic E-state index is 0.121. The first-order chi connectivity index (χ1) is 9.37. The van der Waals surface area contributed by atoms with E-state index in [9.17, 15) is 13.2 Å². The molecule has 0 aliphatic rings. The Kier molecular flexibility index (Phi) is 4.20. The molecule has 0 amide bonds. The fourth-order valence-electron chi connectivity index (χ4n) is 1.78. The van der Waals surface area contributed by atoms with Gasteiger partial charge < -0.3 is 10.5 Å². The van der Waals surface area contributed by atoms with Gasteiger partial charge in [0.15, 0.2) is 0 Å². The van der Waals surface area contributed by atoms with Crippen LogP contribution in [0.3, 0.4) is 0 Å². The van der Waals surface area contributed by atoms with Crippen LogP contribution in [0.25, 0.3) is 11.1 Å². The Balaban J connectivity index is 2.42. The van der Waals surface area contributed by atoms with Gasteiger partial charge >= 0.3 is 6.36 Å². The molecular weight excluding hydrogens is 291 g/mol. The normalized spacial score (nSPS) is 11.4. The topological polar surface area (TPSA) is 35.2 Å². The first-order valence-electron chi connectivity index (χ1n) is 5.73. The first-order valence-corrected chi connectivity index (χ1v) is 6.11. The zero-order chi connectivity index (χ0) is 14.8. The fraction of sp³-hybridized carbons (Fsp3) is 0.143. The maximum absolute atomic E-state index is 12.3. The van der Waals surface area contributed by atoms with Gasteiger partial charge in [-0.1, -0.05) is 23.7 Å². The summed E-state index contributed by atoms with van der Waals surface area (Å²) in [5.41, 5.74) is 7.37. The molecule has 2 nitrogen and oxygen atoms in total. The van der Waals surface area contributed by atoms with Gasteiger partial charge in [-0.15, -0.1) is 13.2 Å². The Hall–Kier alpha value is -1.72. The SMILES string of the molecule is NCc1cc(OC(F)(F)F)cc(-c2ccc(Cl)cc2)c1. The molecule has 0 saturated carbocycles. The second-order valence-corrected chi connectivity index (χ2v) is 4.56. The molecule has 2 rings (SSSR count). The lowest BCUT2D eigenvalue weighted by atomic mass is 10.0. The van der Waals surface area contributed by atoms with Crippen molar-refractivity contribution < 1.29 is 17.9 Å².